The Balaban J connectivity index is -0.000000263. The van der Waals surface area contributed by atoms with E-state index < -0.39 is 0 Å². The molecule has 2 N–H and O–H groups in total. The highest BCUT2D eigenvalue weighted by molar-refractivity contribution is 9.10. The molecule has 0 spiro atoms. The monoisotopic (exact) mass is 392 g/mol. The summed E-state index contributed by atoms with van der Waals surface area (Å²) in [5.74, 6) is 0. The summed E-state index contributed by atoms with van der Waals surface area (Å²) in [6.07, 6.45) is 0.789. The molecule has 0 aliphatic heterocycles. The van der Waals surface area contributed by atoms with Gasteiger partial charge in [0.25, 0.3) is 0 Å². The fourth-order valence-electron chi connectivity index (χ4n) is 1.06. The molecule has 0 aliphatic rings. The van der Waals surface area contributed by atoms with Crippen molar-refractivity contribution in [2.75, 3.05) is 26.4 Å². The Morgan fingerprint density at radius 2 is 1.48 bits per heavy atom. The predicted molar refractivity (Wildman–Crippen MR) is 97.7 cm³/mol. The Kier molecular flexibility index (Phi) is 27.1. The van der Waals surface area contributed by atoms with Gasteiger partial charge in [-0.2, -0.15) is 0 Å². The summed E-state index contributed by atoms with van der Waals surface area (Å²) in [5.41, 5.74) is 0.707. The fraction of sp³-hybridized carbons (Fsp3) is 0.471. The van der Waals surface area contributed by atoms with E-state index >= 15 is 0 Å². The summed E-state index contributed by atoms with van der Waals surface area (Å²) in [6.45, 7) is 13.0. The quantitative estimate of drug-likeness (QED) is 0.440. The summed E-state index contributed by atoms with van der Waals surface area (Å²) in [4.78, 5) is 10.1. The van der Waals surface area contributed by atoms with Crippen molar-refractivity contribution in [1.29, 1.82) is 0 Å². The predicted octanol–water partition coefficient (Wildman–Crippen LogP) is 3.44. The van der Waals surface area contributed by atoms with Crippen LogP contribution in [0.5, 0.6) is 0 Å². The third kappa shape index (κ3) is 23.3. The van der Waals surface area contributed by atoms with Crippen LogP contribution in [-0.4, -0.2) is 49.2 Å². The molecule has 0 bridgehead atoms. The SMILES string of the molecule is C=C.CCOC(C)OCC.O=Cc1ccc(Br)cc1.OCCO. The smallest absolute Gasteiger partial charge is 0.154 e. The van der Waals surface area contributed by atoms with Crippen LogP contribution in [0.15, 0.2) is 41.9 Å². The zero-order valence-corrected chi connectivity index (χ0v) is 15.8. The van der Waals surface area contributed by atoms with Gasteiger partial charge < -0.3 is 19.7 Å². The normalized spacial score (nSPS) is 8.65. The Bertz CT molecular complexity index is 335. The first-order valence-electron chi connectivity index (χ1n) is 7.21. The van der Waals surface area contributed by atoms with Gasteiger partial charge >= 0.3 is 0 Å². The molecule has 1 rings (SSSR count). The number of ether oxygens (including phenoxy) is 2. The van der Waals surface area contributed by atoms with Crippen molar-refractivity contribution in [3.63, 3.8) is 0 Å². The molecule has 0 fully saturated rings. The standard InChI is InChI=1S/C7H5BrO.C6H14O2.C2H6O2.C2H4/c8-7-3-1-6(5-9)2-4-7;1-4-7-6(3)8-5-2;3-1-2-4;1-2/h1-5H;6H,4-5H2,1-3H3;3-4H,1-2H2;1-2H2. The minimum Gasteiger partial charge on any atom is -0.394 e. The van der Waals surface area contributed by atoms with Crippen molar-refractivity contribution in [2.45, 2.75) is 27.1 Å². The lowest BCUT2D eigenvalue weighted by Gasteiger charge is -2.09. The van der Waals surface area contributed by atoms with E-state index in [0.29, 0.717) is 5.56 Å². The van der Waals surface area contributed by atoms with Crippen LogP contribution >= 0.6 is 15.9 Å². The number of hydrogen-bond donors (Lipinski definition) is 2. The number of carbonyl (C=O) groups is 1. The van der Waals surface area contributed by atoms with Gasteiger partial charge in [0.15, 0.2) is 6.29 Å². The maximum Gasteiger partial charge on any atom is 0.154 e. The largest absolute Gasteiger partial charge is 0.394 e. The number of carbonyl (C=O) groups excluding carboxylic acids is 1. The number of aldehydes is 1. The van der Waals surface area contributed by atoms with E-state index in [0.717, 1.165) is 24.0 Å². The van der Waals surface area contributed by atoms with E-state index in [2.05, 4.69) is 29.1 Å². The van der Waals surface area contributed by atoms with E-state index in [1.165, 1.54) is 0 Å². The molecule has 0 heterocycles. The Hall–Kier alpha value is -1.05. The fourth-order valence-corrected chi connectivity index (χ4v) is 1.32. The molecule has 23 heavy (non-hydrogen) atoms. The van der Waals surface area contributed by atoms with Crippen molar-refractivity contribution in [2.24, 2.45) is 0 Å². The van der Waals surface area contributed by atoms with Crippen molar-refractivity contribution in [1.82, 2.24) is 0 Å². The molecule has 5 nitrogen and oxygen atoms in total. The van der Waals surface area contributed by atoms with Crippen LogP contribution in [0, 0.1) is 0 Å². The molecular weight excluding hydrogens is 364 g/mol. The van der Waals surface area contributed by atoms with Crippen LogP contribution in [0.2, 0.25) is 0 Å². The van der Waals surface area contributed by atoms with Gasteiger partial charge in [0.1, 0.15) is 6.29 Å². The first-order chi connectivity index (χ1) is 11.0. The summed E-state index contributed by atoms with van der Waals surface area (Å²) in [6, 6.07) is 7.20. The third-order valence-corrected chi connectivity index (χ3v) is 2.44. The van der Waals surface area contributed by atoms with E-state index in [-0.39, 0.29) is 19.5 Å². The molecule has 0 saturated carbocycles. The van der Waals surface area contributed by atoms with Gasteiger partial charge in [-0.3, -0.25) is 4.79 Å². The molecule has 0 aliphatic carbocycles. The molecule has 0 aromatic heterocycles. The van der Waals surface area contributed by atoms with Crippen LogP contribution in [-0.2, 0) is 9.47 Å². The first kappa shape index (κ1) is 26.8. The molecule has 6 heteroatoms. The van der Waals surface area contributed by atoms with E-state index in [1.807, 2.05) is 32.9 Å². The lowest BCUT2D eigenvalue weighted by Crippen LogP contribution is -2.11. The van der Waals surface area contributed by atoms with Crippen molar-refractivity contribution in [3.8, 4) is 0 Å². The highest BCUT2D eigenvalue weighted by atomic mass is 79.9. The number of hydrogen-bond acceptors (Lipinski definition) is 5. The molecule has 1 aromatic rings. The van der Waals surface area contributed by atoms with Crippen molar-refractivity contribution in [3.05, 3.63) is 47.5 Å². The first-order valence-corrected chi connectivity index (χ1v) is 8.00. The van der Waals surface area contributed by atoms with Gasteiger partial charge in [-0.05, 0) is 32.9 Å². The second kappa shape index (κ2) is 23.2. The highest BCUT2D eigenvalue weighted by Gasteiger charge is 1.94. The maximum absolute atomic E-state index is 10.1. The van der Waals surface area contributed by atoms with E-state index in [1.54, 1.807) is 12.1 Å². The second-order valence-corrected chi connectivity index (χ2v) is 4.51. The molecule has 1 aromatic carbocycles. The Labute approximate surface area is 148 Å². The zero-order chi connectivity index (χ0) is 18.5. The van der Waals surface area contributed by atoms with Crippen LogP contribution in [0.4, 0.5) is 0 Å². The third-order valence-electron chi connectivity index (χ3n) is 1.91. The second-order valence-electron chi connectivity index (χ2n) is 3.59. The molecule has 134 valence electrons. The van der Waals surface area contributed by atoms with Crippen molar-refractivity contribution >= 4 is 22.2 Å². The molecule has 0 unspecified atom stereocenters. The lowest BCUT2D eigenvalue weighted by molar-refractivity contribution is -0.123. The number of benzene rings is 1. The number of aliphatic hydroxyl groups is 2. The van der Waals surface area contributed by atoms with Gasteiger partial charge in [-0.1, -0.05) is 28.1 Å². The minimum absolute atomic E-state index is 0.0370. The summed E-state index contributed by atoms with van der Waals surface area (Å²) >= 11 is 3.26. The van der Waals surface area contributed by atoms with Gasteiger partial charge in [0, 0.05) is 23.2 Å². The van der Waals surface area contributed by atoms with Crippen LogP contribution in [0.1, 0.15) is 31.1 Å². The van der Waals surface area contributed by atoms with Gasteiger partial charge in [0.05, 0.1) is 13.2 Å². The number of aliphatic hydroxyl groups excluding tert-OH is 2. The zero-order valence-electron chi connectivity index (χ0n) is 14.2. The molecule has 0 atom stereocenters. The topological polar surface area (TPSA) is 76.0 Å². The van der Waals surface area contributed by atoms with Gasteiger partial charge in [0.2, 0.25) is 0 Å². The molecule has 0 saturated heterocycles. The number of rotatable bonds is 6. The average Bonchev–Trinajstić information content (AvgIpc) is 2.59. The Morgan fingerprint density at radius 1 is 1.09 bits per heavy atom. The molecule has 0 amide bonds. The summed E-state index contributed by atoms with van der Waals surface area (Å²) < 4.78 is 11.1. The Morgan fingerprint density at radius 3 is 1.74 bits per heavy atom. The summed E-state index contributed by atoms with van der Waals surface area (Å²) in [5, 5.41) is 15.2. The lowest BCUT2D eigenvalue weighted by atomic mass is 10.2. The minimum atomic E-state index is -0.125. The van der Waals surface area contributed by atoms with Crippen molar-refractivity contribution < 1.29 is 24.5 Å². The van der Waals surface area contributed by atoms with E-state index in [4.69, 9.17) is 19.7 Å². The van der Waals surface area contributed by atoms with Gasteiger partial charge in [-0.25, -0.2) is 0 Å². The maximum atomic E-state index is 10.1. The number of halogens is 1. The van der Waals surface area contributed by atoms with Gasteiger partial charge in [-0.15, -0.1) is 13.2 Å². The van der Waals surface area contributed by atoms with E-state index in [9.17, 15) is 4.79 Å². The highest BCUT2D eigenvalue weighted by Crippen LogP contribution is 2.08. The summed E-state index contributed by atoms with van der Waals surface area (Å²) in [7, 11) is 0. The van der Waals surface area contributed by atoms with Crippen LogP contribution in [0.3, 0.4) is 0 Å². The average molecular weight is 393 g/mol. The van der Waals surface area contributed by atoms with Crippen LogP contribution in [0.25, 0.3) is 0 Å². The molecular formula is C17H29BrO5. The molecule has 0 radical (unpaired) electrons. The van der Waals surface area contributed by atoms with Crippen LogP contribution < -0.4 is 0 Å².